The molecule has 0 bridgehead atoms. The second kappa shape index (κ2) is 6.96. The quantitative estimate of drug-likeness (QED) is 0.891. The normalized spacial score (nSPS) is 18.4. The van der Waals surface area contributed by atoms with E-state index in [-0.39, 0.29) is 0 Å². The molecule has 5 heteroatoms. The molecule has 1 aliphatic heterocycles. The zero-order valence-corrected chi connectivity index (χ0v) is 13.5. The van der Waals surface area contributed by atoms with Crippen LogP contribution in [0.4, 0.5) is 0 Å². The molecule has 122 valence electrons. The fourth-order valence-corrected chi connectivity index (χ4v) is 3.23. The Bertz CT molecular complexity index is 663. The van der Waals surface area contributed by atoms with Crippen LogP contribution in [0, 0.1) is 5.92 Å². The number of carboxylic acids is 1. The van der Waals surface area contributed by atoms with E-state index in [1.165, 1.54) is 12.0 Å². The summed E-state index contributed by atoms with van der Waals surface area (Å²) in [6.45, 7) is 6.19. The molecule has 5 nitrogen and oxygen atoms in total. The lowest BCUT2D eigenvalue weighted by atomic mass is 9.98. The number of likely N-dealkylation sites (tertiary alicyclic amines) is 1. The molecule has 0 amide bonds. The van der Waals surface area contributed by atoms with E-state index in [2.05, 4.69) is 27.6 Å². The first-order chi connectivity index (χ1) is 11.1. The molecule has 23 heavy (non-hydrogen) atoms. The van der Waals surface area contributed by atoms with Crippen LogP contribution >= 0.6 is 0 Å². The molecule has 2 heterocycles. The van der Waals surface area contributed by atoms with E-state index in [4.69, 9.17) is 5.11 Å². The SMILES string of the molecule is CCn1cnc(CN2CCC(Cc3ccc(C(=O)O)cc3)C2)c1. The van der Waals surface area contributed by atoms with Crippen LogP contribution in [-0.4, -0.2) is 38.6 Å². The Hall–Kier alpha value is -2.14. The molecular formula is C18H23N3O2. The fourth-order valence-electron chi connectivity index (χ4n) is 3.23. The first kappa shape index (κ1) is 15.7. The number of hydrogen-bond acceptors (Lipinski definition) is 3. The number of rotatable bonds is 6. The summed E-state index contributed by atoms with van der Waals surface area (Å²) in [6.07, 6.45) is 6.22. The standard InChI is InChI=1S/C18H23N3O2/c1-2-20-11-17(19-13-20)12-21-8-7-15(10-21)9-14-3-5-16(6-4-14)18(22)23/h3-6,11,13,15H,2,7-10,12H2,1H3,(H,22,23). The second-order valence-corrected chi connectivity index (χ2v) is 6.29. The monoisotopic (exact) mass is 313 g/mol. The van der Waals surface area contributed by atoms with Crippen LogP contribution in [-0.2, 0) is 19.5 Å². The van der Waals surface area contributed by atoms with Crippen molar-refractivity contribution < 1.29 is 9.90 Å². The van der Waals surface area contributed by atoms with Crippen LogP contribution in [0.5, 0.6) is 0 Å². The van der Waals surface area contributed by atoms with Crippen molar-refractivity contribution in [3.05, 3.63) is 53.6 Å². The maximum absolute atomic E-state index is 10.9. The smallest absolute Gasteiger partial charge is 0.335 e. The van der Waals surface area contributed by atoms with Crippen LogP contribution in [0.25, 0.3) is 0 Å². The van der Waals surface area contributed by atoms with Crippen LogP contribution in [0.2, 0.25) is 0 Å². The van der Waals surface area contributed by atoms with E-state index in [0.29, 0.717) is 11.5 Å². The number of benzene rings is 1. The number of carboxylic acid groups (broad SMARTS) is 1. The van der Waals surface area contributed by atoms with Crippen molar-refractivity contribution in [2.24, 2.45) is 5.92 Å². The molecule has 1 unspecified atom stereocenters. The third kappa shape index (κ3) is 3.99. The van der Waals surface area contributed by atoms with Gasteiger partial charge in [-0.25, -0.2) is 9.78 Å². The highest BCUT2D eigenvalue weighted by Gasteiger charge is 2.23. The summed E-state index contributed by atoms with van der Waals surface area (Å²) in [4.78, 5) is 17.8. The van der Waals surface area contributed by atoms with Crippen LogP contribution in [0.1, 0.15) is 35.0 Å². The van der Waals surface area contributed by atoms with Crippen molar-refractivity contribution in [2.45, 2.75) is 32.9 Å². The van der Waals surface area contributed by atoms with Crippen LogP contribution in [0.3, 0.4) is 0 Å². The van der Waals surface area contributed by atoms with E-state index >= 15 is 0 Å². The van der Waals surface area contributed by atoms with Crippen molar-refractivity contribution in [1.82, 2.24) is 14.5 Å². The van der Waals surface area contributed by atoms with Gasteiger partial charge < -0.3 is 9.67 Å². The molecule has 1 fully saturated rings. The van der Waals surface area contributed by atoms with Gasteiger partial charge in [-0.3, -0.25) is 4.90 Å². The zero-order valence-electron chi connectivity index (χ0n) is 13.5. The van der Waals surface area contributed by atoms with Crippen molar-refractivity contribution in [3.63, 3.8) is 0 Å². The molecule has 1 aliphatic rings. The minimum atomic E-state index is -0.866. The lowest BCUT2D eigenvalue weighted by Gasteiger charge is -2.14. The average molecular weight is 313 g/mol. The van der Waals surface area contributed by atoms with E-state index in [0.717, 1.165) is 38.3 Å². The number of carbonyl (C=O) groups is 1. The van der Waals surface area contributed by atoms with Crippen molar-refractivity contribution in [2.75, 3.05) is 13.1 Å². The molecule has 1 aromatic carbocycles. The Labute approximate surface area is 136 Å². The zero-order chi connectivity index (χ0) is 16.2. The lowest BCUT2D eigenvalue weighted by Crippen LogP contribution is -2.20. The van der Waals surface area contributed by atoms with Gasteiger partial charge in [-0.1, -0.05) is 12.1 Å². The summed E-state index contributed by atoms with van der Waals surface area (Å²) in [5.41, 5.74) is 2.71. The molecule has 1 atom stereocenters. The van der Waals surface area contributed by atoms with E-state index in [9.17, 15) is 4.79 Å². The molecule has 0 spiro atoms. The summed E-state index contributed by atoms with van der Waals surface area (Å²) in [6, 6.07) is 7.27. The second-order valence-electron chi connectivity index (χ2n) is 6.29. The summed E-state index contributed by atoms with van der Waals surface area (Å²) >= 11 is 0. The average Bonchev–Trinajstić information content (AvgIpc) is 3.17. The van der Waals surface area contributed by atoms with Gasteiger partial charge in [0, 0.05) is 25.8 Å². The van der Waals surface area contributed by atoms with E-state index in [1.54, 1.807) is 12.1 Å². The number of aromatic carboxylic acids is 1. The predicted octanol–water partition coefficient (Wildman–Crippen LogP) is 2.67. The summed E-state index contributed by atoms with van der Waals surface area (Å²) in [5.74, 6) is -0.228. The van der Waals surface area contributed by atoms with E-state index < -0.39 is 5.97 Å². The van der Waals surface area contributed by atoms with Crippen molar-refractivity contribution in [1.29, 1.82) is 0 Å². The molecule has 1 aromatic heterocycles. The molecule has 2 aromatic rings. The lowest BCUT2D eigenvalue weighted by molar-refractivity contribution is 0.0697. The Morgan fingerprint density at radius 3 is 2.78 bits per heavy atom. The van der Waals surface area contributed by atoms with Gasteiger partial charge in [0.2, 0.25) is 0 Å². The fraction of sp³-hybridized carbons (Fsp3) is 0.444. The molecule has 1 N–H and O–H groups in total. The first-order valence-electron chi connectivity index (χ1n) is 8.19. The predicted molar refractivity (Wildman–Crippen MR) is 88.4 cm³/mol. The van der Waals surface area contributed by atoms with Gasteiger partial charge in [0.25, 0.3) is 0 Å². The topological polar surface area (TPSA) is 58.4 Å². The highest BCUT2D eigenvalue weighted by Crippen LogP contribution is 2.22. The van der Waals surface area contributed by atoms with Crippen molar-refractivity contribution >= 4 is 5.97 Å². The Morgan fingerprint density at radius 1 is 1.35 bits per heavy atom. The van der Waals surface area contributed by atoms with Crippen LogP contribution < -0.4 is 0 Å². The Morgan fingerprint density at radius 2 is 2.13 bits per heavy atom. The third-order valence-corrected chi connectivity index (χ3v) is 4.53. The van der Waals surface area contributed by atoms with Crippen LogP contribution in [0.15, 0.2) is 36.8 Å². The number of imidazole rings is 1. The summed E-state index contributed by atoms with van der Waals surface area (Å²) in [7, 11) is 0. The highest BCUT2D eigenvalue weighted by molar-refractivity contribution is 5.87. The minimum Gasteiger partial charge on any atom is -0.478 e. The van der Waals surface area contributed by atoms with Crippen molar-refractivity contribution in [3.8, 4) is 0 Å². The maximum Gasteiger partial charge on any atom is 0.335 e. The molecule has 1 saturated heterocycles. The number of hydrogen-bond donors (Lipinski definition) is 1. The number of nitrogens with zero attached hydrogens (tertiary/aromatic N) is 3. The van der Waals surface area contributed by atoms with Gasteiger partial charge in [0.05, 0.1) is 17.6 Å². The van der Waals surface area contributed by atoms with Gasteiger partial charge in [0.15, 0.2) is 0 Å². The molecule has 0 radical (unpaired) electrons. The first-order valence-corrected chi connectivity index (χ1v) is 8.19. The third-order valence-electron chi connectivity index (χ3n) is 4.53. The summed E-state index contributed by atoms with van der Waals surface area (Å²) in [5, 5.41) is 8.94. The van der Waals surface area contributed by atoms with Gasteiger partial charge in [-0.15, -0.1) is 0 Å². The number of aromatic nitrogens is 2. The van der Waals surface area contributed by atoms with Gasteiger partial charge >= 0.3 is 5.97 Å². The minimum absolute atomic E-state index is 0.355. The molecule has 3 rings (SSSR count). The maximum atomic E-state index is 10.9. The summed E-state index contributed by atoms with van der Waals surface area (Å²) < 4.78 is 2.10. The highest BCUT2D eigenvalue weighted by atomic mass is 16.4. The van der Waals surface area contributed by atoms with E-state index in [1.807, 2.05) is 18.5 Å². The Kier molecular flexibility index (Phi) is 4.76. The molecule has 0 saturated carbocycles. The number of aryl methyl sites for hydroxylation is 1. The van der Waals surface area contributed by atoms with Gasteiger partial charge in [0.1, 0.15) is 0 Å². The van der Waals surface area contributed by atoms with Gasteiger partial charge in [-0.2, -0.15) is 0 Å². The Balaban J connectivity index is 1.52. The molecular weight excluding hydrogens is 290 g/mol. The largest absolute Gasteiger partial charge is 0.478 e. The van der Waals surface area contributed by atoms with Gasteiger partial charge in [-0.05, 0) is 49.9 Å². The molecule has 0 aliphatic carbocycles.